The van der Waals surface area contributed by atoms with E-state index in [1.165, 1.54) is 207 Å². The van der Waals surface area contributed by atoms with Crippen molar-refractivity contribution >= 4 is 110 Å². The highest BCUT2D eigenvalue weighted by Crippen LogP contribution is 2.48. The van der Waals surface area contributed by atoms with E-state index in [1.54, 1.807) is 45.3 Å². The molecule has 0 unspecified atom stereocenters. The van der Waals surface area contributed by atoms with Gasteiger partial charge in [0.1, 0.15) is 41.7 Å². The Hall–Kier alpha value is -4.40. The molecular formula is C66H88N8S5. The van der Waals surface area contributed by atoms with Crippen molar-refractivity contribution in [3.63, 3.8) is 0 Å². The van der Waals surface area contributed by atoms with Crippen LogP contribution >= 0.6 is 57.1 Å². The third-order valence-corrected chi connectivity index (χ3v) is 20.9. The van der Waals surface area contributed by atoms with E-state index < -0.39 is 0 Å². The molecule has 0 bridgehead atoms. The molecule has 3 aromatic carbocycles. The molecule has 0 fully saturated rings. The second-order valence-corrected chi connectivity index (χ2v) is 26.6. The van der Waals surface area contributed by atoms with Gasteiger partial charge in [-0.15, -0.1) is 45.3 Å². The topological polar surface area (TPSA) is 83.8 Å². The molecule has 0 saturated heterocycles. The lowest BCUT2D eigenvalue weighted by atomic mass is 10.0. The predicted octanol–water partition coefficient (Wildman–Crippen LogP) is 21.8. The molecule has 0 aliphatic rings. The second-order valence-electron chi connectivity index (χ2n) is 22.0. The van der Waals surface area contributed by atoms with Crippen LogP contribution in [0.25, 0.3) is 83.2 Å². The lowest BCUT2D eigenvalue weighted by molar-refractivity contribution is 0.575. The molecule has 0 N–H and O–H groups in total. The van der Waals surface area contributed by atoms with Gasteiger partial charge in [0.2, 0.25) is 0 Å². The summed E-state index contributed by atoms with van der Waals surface area (Å²) in [7, 11) is 0. The molecule has 13 heteroatoms. The van der Waals surface area contributed by atoms with E-state index in [2.05, 4.69) is 112 Å². The van der Waals surface area contributed by atoms with Crippen LogP contribution in [0.3, 0.4) is 0 Å². The summed E-state index contributed by atoms with van der Waals surface area (Å²) in [6, 6.07) is 23.4. The minimum absolute atomic E-state index is 0.798. The SMILES string of the molecule is CCCCCCCCN(CCCCCCCC)c1ccc(-c2cc3sc(-c4c5nsnc5c(-c5nc6sc(-c7ccc(N(CCCCCCCC)CCCCCCCC)cc7)cc6s5)c5nc(CC)c(CC)nc45)nc3s2)cc1. The van der Waals surface area contributed by atoms with Crippen molar-refractivity contribution in [2.24, 2.45) is 0 Å². The highest BCUT2D eigenvalue weighted by Gasteiger charge is 2.28. The van der Waals surface area contributed by atoms with E-state index in [0.29, 0.717) is 0 Å². The minimum atomic E-state index is 0.798. The highest BCUT2D eigenvalue weighted by molar-refractivity contribution is 7.31. The summed E-state index contributed by atoms with van der Waals surface area (Å²) in [6.07, 6.45) is 33.4. The second kappa shape index (κ2) is 30.6. The Morgan fingerprint density at radius 3 is 1.00 bits per heavy atom. The molecule has 9 aromatic rings. The van der Waals surface area contributed by atoms with Gasteiger partial charge in [0, 0.05) is 47.3 Å². The molecule has 422 valence electrons. The number of benzene rings is 3. The van der Waals surface area contributed by atoms with Gasteiger partial charge in [0.15, 0.2) is 0 Å². The number of thiazole rings is 2. The number of hydrogen-bond acceptors (Lipinski definition) is 13. The zero-order chi connectivity index (χ0) is 54.8. The van der Waals surface area contributed by atoms with Crippen LogP contribution in [0.1, 0.15) is 207 Å². The predicted molar refractivity (Wildman–Crippen MR) is 351 cm³/mol. The standard InChI is InChI=1S/C66H88N8S5/c1-7-13-17-21-25-29-41-73(42-30-26-22-18-14-8-2)49-37-33-47(34-38-49)53-45-55-63(75-53)69-65(77-55)57-59-60(68-52(12-6)51(11-5)67-59)58(62-61(57)71-79-72-62)66-70-64-56(78-66)46-54(76-64)48-35-39-50(40-36-48)74(43-31-27-23-19-15-9-3)44-32-28-24-20-16-10-4/h33-40,45-46H,7-32,41-44H2,1-6H3. The first-order valence-corrected chi connectivity index (χ1v) is 34.9. The van der Waals surface area contributed by atoms with Gasteiger partial charge in [-0.25, -0.2) is 19.9 Å². The monoisotopic (exact) mass is 1150 g/mol. The normalized spacial score (nSPS) is 11.9. The summed E-state index contributed by atoms with van der Waals surface area (Å²) in [5.41, 5.74) is 12.5. The fraction of sp³-hybridized carbons (Fsp3) is 0.545. The molecule has 6 aromatic heterocycles. The van der Waals surface area contributed by atoms with E-state index in [0.717, 1.165) is 103 Å². The Morgan fingerprint density at radius 1 is 0.354 bits per heavy atom. The zero-order valence-corrected chi connectivity index (χ0v) is 52.7. The number of hydrogen-bond donors (Lipinski definition) is 0. The summed E-state index contributed by atoms with van der Waals surface area (Å²) in [5, 5.41) is 1.84. The number of fused-ring (bicyclic) bond motifs is 4. The Bertz CT molecular complexity index is 2940. The van der Waals surface area contributed by atoms with E-state index in [4.69, 9.17) is 28.7 Å². The average molecular weight is 1150 g/mol. The Labute approximate surface area is 493 Å². The summed E-state index contributed by atoms with van der Waals surface area (Å²) in [5.74, 6) is 0. The lowest BCUT2D eigenvalue weighted by Crippen LogP contribution is -2.25. The van der Waals surface area contributed by atoms with Gasteiger partial charge in [-0.2, -0.15) is 8.75 Å². The lowest BCUT2D eigenvalue weighted by Gasteiger charge is -2.25. The van der Waals surface area contributed by atoms with Crippen LogP contribution in [0.15, 0.2) is 60.7 Å². The largest absolute Gasteiger partial charge is 0.372 e. The van der Waals surface area contributed by atoms with E-state index in [1.807, 2.05) is 0 Å². The van der Waals surface area contributed by atoms with Gasteiger partial charge < -0.3 is 9.80 Å². The average Bonchev–Trinajstić information content (AvgIpc) is 4.48. The van der Waals surface area contributed by atoms with Gasteiger partial charge in [-0.05, 0) is 86.1 Å². The quantitative estimate of drug-likeness (QED) is 0.0359. The molecule has 0 amide bonds. The van der Waals surface area contributed by atoms with Crippen molar-refractivity contribution in [1.29, 1.82) is 0 Å². The number of aromatic nitrogens is 6. The van der Waals surface area contributed by atoms with E-state index in [-0.39, 0.29) is 0 Å². The number of aryl methyl sites for hydroxylation is 2. The van der Waals surface area contributed by atoms with Gasteiger partial charge >= 0.3 is 0 Å². The fourth-order valence-corrected chi connectivity index (χ4v) is 16.4. The summed E-state index contributed by atoms with van der Waals surface area (Å²) in [4.78, 5) is 31.6. The van der Waals surface area contributed by atoms with E-state index in [9.17, 15) is 0 Å². The summed E-state index contributed by atoms with van der Waals surface area (Å²) < 4.78 is 12.4. The number of anilines is 2. The highest BCUT2D eigenvalue weighted by atomic mass is 32.1. The van der Waals surface area contributed by atoms with Crippen molar-refractivity contribution in [3.8, 4) is 42.0 Å². The zero-order valence-electron chi connectivity index (χ0n) is 48.6. The van der Waals surface area contributed by atoms with Gasteiger partial charge in [-0.3, -0.25) is 0 Å². The molecule has 8 nitrogen and oxygen atoms in total. The fourth-order valence-electron chi connectivity index (χ4n) is 11.3. The molecule has 79 heavy (non-hydrogen) atoms. The van der Waals surface area contributed by atoms with Crippen LogP contribution in [0.2, 0.25) is 0 Å². The van der Waals surface area contributed by atoms with Gasteiger partial charge in [-0.1, -0.05) is 194 Å². The van der Waals surface area contributed by atoms with Crippen molar-refractivity contribution in [2.45, 2.75) is 208 Å². The maximum atomic E-state index is 5.46. The van der Waals surface area contributed by atoms with Gasteiger partial charge in [0.05, 0.1) is 43.6 Å². The number of nitrogens with zero attached hydrogens (tertiary/aromatic N) is 8. The minimum Gasteiger partial charge on any atom is -0.372 e. The van der Waals surface area contributed by atoms with Crippen LogP contribution in [0, 0.1) is 0 Å². The van der Waals surface area contributed by atoms with Crippen molar-refractivity contribution in [3.05, 3.63) is 72.1 Å². The molecule has 6 heterocycles. The number of rotatable bonds is 36. The molecule has 0 atom stereocenters. The molecule has 0 aliphatic carbocycles. The molecule has 0 spiro atoms. The Balaban J connectivity index is 0.957. The number of unbranched alkanes of at least 4 members (excludes halogenated alkanes) is 20. The van der Waals surface area contributed by atoms with Crippen molar-refractivity contribution < 1.29 is 0 Å². The first kappa shape index (κ1) is 59.2. The van der Waals surface area contributed by atoms with Crippen LogP contribution in [0.4, 0.5) is 11.4 Å². The summed E-state index contributed by atoms with van der Waals surface area (Å²) >= 11 is 8.26. The third-order valence-electron chi connectivity index (χ3n) is 15.9. The Morgan fingerprint density at radius 2 is 0.684 bits per heavy atom. The van der Waals surface area contributed by atoms with Crippen molar-refractivity contribution in [2.75, 3.05) is 36.0 Å². The molecule has 0 saturated carbocycles. The van der Waals surface area contributed by atoms with Crippen molar-refractivity contribution in [1.82, 2.24) is 28.7 Å². The first-order chi connectivity index (χ1) is 38.9. The maximum absolute atomic E-state index is 5.46. The van der Waals surface area contributed by atoms with Crippen LogP contribution in [-0.2, 0) is 12.8 Å². The van der Waals surface area contributed by atoms with Crippen LogP contribution < -0.4 is 9.80 Å². The third kappa shape index (κ3) is 15.2. The molecule has 9 rings (SSSR count). The van der Waals surface area contributed by atoms with Gasteiger partial charge in [0.25, 0.3) is 0 Å². The van der Waals surface area contributed by atoms with Crippen LogP contribution in [-0.4, -0.2) is 54.9 Å². The number of thiophene rings is 2. The van der Waals surface area contributed by atoms with Crippen LogP contribution in [0.5, 0.6) is 0 Å². The molecule has 0 aliphatic heterocycles. The summed E-state index contributed by atoms with van der Waals surface area (Å²) in [6.45, 7) is 18.1. The smallest absolute Gasteiger partial charge is 0.135 e. The Kier molecular flexibility index (Phi) is 22.9. The molecular weight excluding hydrogens is 1070 g/mol. The first-order valence-electron chi connectivity index (χ1n) is 30.9. The molecule has 0 radical (unpaired) electrons. The van der Waals surface area contributed by atoms with E-state index >= 15 is 0 Å². The maximum Gasteiger partial charge on any atom is 0.135 e.